The summed E-state index contributed by atoms with van der Waals surface area (Å²) in [5.74, 6) is 0. The van der Waals surface area contributed by atoms with Gasteiger partial charge in [-0.15, -0.1) is 0 Å². The van der Waals surface area contributed by atoms with Gasteiger partial charge in [-0.05, 0) is 18.2 Å². The van der Waals surface area contributed by atoms with Crippen LogP contribution in [0.1, 0.15) is 0 Å². The van der Waals surface area contributed by atoms with Gasteiger partial charge in [0.1, 0.15) is 5.69 Å². The number of aromatic nitrogens is 4. The molecule has 4 nitrogen and oxygen atoms in total. The Morgan fingerprint density at radius 1 is 0.679 bits per heavy atom. The number of pyridine rings is 1. The Balaban J connectivity index is 1.82. The molecule has 0 aliphatic rings. The number of nitrogens with one attached hydrogen (secondary N) is 1. The molecule has 0 saturated heterocycles. The molecule has 0 aliphatic heterocycles. The minimum Gasteiger partial charge on any atom is -0.353 e. The van der Waals surface area contributed by atoms with Gasteiger partial charge < -0.3 is 4.98 Å². The Morgan fingerprint density at radius 3 is 2.21 bits per heavy atom. The first-order valence-corrected chi connectivity index (χ1v) is 9.29. The van der Waals surface area contributed by atoms with Crippen LogP contribution in [-0.4, -0.2) is 19.7 Å². The van der Waals surface area contributed by atoms with E-state index in [1.807, 2.05) is 53.3 Å². The van der Waals surface area contributed by atoms with Crippen LogP contribution in [0.4, 0.5) is 0 Å². The first-order valence-electron chi connectivity index (χ1n) is 9.29. The number of H-pyrrole nitrogens is 1. The lowest BCUT2D eigenvalue weighted by Gasteiger charge is -2.02. The van der Waals surface area contributed by atoms with E-state index in [2.05, 4.69) is 47.4 Å². The molecule has 3 heterocycles. The molecule has 3 aromatic carbocycles. The quantitative estimate of drug-likeness (QED) is 0.429. The van der Waals surface area contributed by atoms with Gasteiger partial charge in [0, 0.05) is 21.9 Å². The topological polar surface area (TPSA) is 46.5 Å². The van der Waals surface area contributed by atoms with E-state index in [0.717, 1.165) is 39.0 Å². The Labute approximate surface area is 161 Å². The molecule has 4 heteroatoms. The molecule has 6 aromatic rings. The number of benzene rings is 3. The molecule has 0 fully saturated rings. The summed E-state index contributed by atoms with van der Waals surface area (Å²) in [6, 6.07) is 28.9. The lowest BCUT2D eigenvalue weighted by atomic mass is 10.0. The van der Waals surface area contributed by atoms with E-state index in [0.29, 0.717) is 0 Å². The zero-order valence-corrected chi connectivity index (χ0v) is 15.0. The van der Waals surface area contributed by atoms with Gasteiger partial charge in [-0.1, -0.05) is 66.7 Å². The van der Waals surface area contributed by atoms with Crippen LogP contribution < -0.4 is 0 Å². The van der Waals surface area contributed by atoms with Gasteiger partial charge in [0.25, 0.3) is 0 Å². The number of fused-ring (bicyclic) bond motifs is 5. The zero-order valence-electron chi connectivity index (χ0n) is 15.0. The smallest absolute Gasteiger partial charge is 0.164 e. The van der Waals surface area contributed by atoms with E-state index in [1.54, 1.807) is 0 Å². The third kappa shape index (κ3) is 2.12. The van der Waals surface area contributed by atoms with E-state index in [4.69, 9.17) is 10.1 Å². The second-order valence-electron chi connectivity index (χ2n) is 6.88. The predicted molar refractivity (Wildman–Crippen MR) is 114 cm³/mol. The number of hydrogen-bond acceptors (Lipinski definition) is 2. The summed E-state index contributed by atoms with van der Waals surface area (Å²) in [7, 11) is 0. The first kappa shape index (κ1) is 15.2. The summed E-state index contributed by atoms with van der Waals surface area (Å²) in [4.78, 5) is 8.29. The molecule has 0 saturated carbocycles. The second kappa shape index (κ2) is 5.79. The molecule has 28 heavy (non-hydrogen) atoms. The molecule has 6 rings (SSSR count). The van der Waals surface area contributed by atoms with Crippen LogP contribution >= 0.6 is 0 Å². The summed E-state index contributed by atoms with van der Waals surface area (Å²) in [6.07, 6.45) is 1.91. The minimum absolute atomic E-state index is 0.863. The van der Waals surface area contributed by atoms with Crippen molar-refractivity contribution in [1.82, 2.24) is 19.7 Å². The van der Waals surface area contributed by atoms with Crippen molar-refractivity contribution in [2.75, 3.05) is 0 Å². The molecule has 132 valence electrons. The largest absolute Gasteiger partial charge is 0.353 e. The fourth-order valence-electron chi connectivity index (χ4n) is 3.96. The van der Waals surface area contributed by atoms with Crippen molar-refractivity contribution in [3.05, 3.63) is 91.1 Å². The van der Waals surface area contributed by atoms with Crippen molar-refractivity contribution < 1.29 is 0 Å². The lowest BCUT2D eigenvalue weighted by Crippen LogP contribution is -1.97. The highest BCUT2D eigenvalue weighted by atomic mass is 15.3. The molecule has 3 aromatic heterocycles. The fraction of sp³-hybridized carbons (Fsp3) is 0. The van der Waals surface area contributed by atoms with Crippen LogP contribution in [0.5, 0.6) is 0 Å². The highest BCUT2D eigenvalue weighted by Gasteiger charge is 2.19. The van der Waals surface area contributed by atoms with Crippen LogP contribution in [0.3, 0.4) is 0 Å². The van der Waals surface area contributed by atoms with E-state index in [9.17, 15) is 0 Å². The number of rotatable bonds is 2. The van der Waals surface area contributed by atoms with Crippen molar-refractivity contribution >= 4 is 32.8 Å². The molecular weight excluding hydrogens is 344 g/mol. The van der Waals surface area contributed by atoms with Gasteiger partial charge in [-0.3, -0.25) is 0 Å². The van der Waals surface area contributed by atoms with E-state index >= 15 is 0 Å². The van der Waals surface area contributed by atoms with Crippen LogP contribution in [0, 0.1) is 0 Å². The number of hydrogen-bond donors (Lipinski definition) is 1. The van der Waals surface area contributed by atoms with Gasteiger partial charge in [0.15, 0.2) is 5.65 Å². The third-order valence-electron chi connectivity index (χ3n) is 5.21. The summed E-state index contributed by atoms with van der Waals surface area (Å²) in [6.45, 7) is 0. The molecule has 0 aliphatic carbocycles. The maximum atomic E-state index is 5.01. The van der Waals surface area contributed by atoms with Crippen LogP contribution in [0.15, 0.2) is 91.1 Å². The maximum Gasteiger partial charge on any atom is 0.164 e. The summed E-state index contributed by atoms with van der Waals surface area (Å²) < 4.78 is 1.94. The SMILES string of the molecule is c1ccc(-c2nn(-c3ccccc3)c3ncc4[nH]c5ccccc5c4c23)cc1. The van der Waals surface area contributed by atoms with E-state index < -0.39 is 0 Å². The Morgan fingerprint density at radius 2 is 1.39 bits per heavy atom. The molecule has 1 N–H and O–H groups in total. The average Bonchev–Trinajstić information content (AvgIpc) is 3.33. The molecule has 0 atom stereocenters. The first-order chi connectivity index (χ1) is 13.9. The normalized spacial score (nSPS) is 11.6. The molecule has 0 radical (unpaired) electrons. The number of para-hydroxylation sites is 2. The Bertz CT molecular complexity index is 1440. The molecule has 0 unspecified atom stereocenters. The van der Waals surface area contributed by atoms with Gasteiger partial charge in [-0.2, -0.15) is 5.10 Å². The molecule has 0 spiro atoms. The third-order valence-corrected chi connectivity index (χ3v) is 5.21. The highest BCUT2D eigenvalue weighted by Crippen LogP contribution is 2.37. The predicted octanol–water partition coefficient (Wildman–Crippen LogP) is 5.72. The van der Waals surface area contributed by atoms with Crippen molar-refractivity contribution in [3.8, 4) is 16.9 Å². The summed E-state index contributed by atoms with van der Waals surface area (Å²) in [5, 5.41) is 8.44. The summed E-state index contributed by atoms with van der Waals surface area (Å²) >= 11 is 0. The van der Waals surface area contributed by atoms with Gasteiger partial charge in [-0.25, -0.2) is 9.67 Å². The minimum atomic E-state index is 0.863. The second-order valence-corrected chi connectivity index (χ2v) is 6.88. The standard InChI is InChI=1S/C24H16N4/c1-3-9-16(10-4-1)23-22-21-18-13-7-8-14-19(18)26-20(21)15-25-24(22)28(27-23)17-11-5-2-6-12-17/h1-15,26H. The monoisotopic (exact) mass is 360 g/mol. The van der Waals surface area contributed by atoms with E-state index in [1.165, 1.54) is 10.8 Å². The lowest BCUT2D eigenvalue weighted by molar-refractivity contribution is 0.901. The van der Waals surface area contributed by atoms with Gasteiger partial charge in [0.05, 0.1) is 22.8 Å². The summed E-state index contributed by atoms with van der Waals surface area (Å²) in [5.41, 5.74) is 6.03. The van der Waals surface area contributed by atoms with Gasteiger partial charge in [0.2, 0.25) is 0 Å². The Kier molecular flexibility index (Phi) is 3.14. The molecule has 0 bridgehead atoms. The molecular formula is C24H16N4. The maximum absolute atomic E-state index is 5.01. The number of nitrogens with zero attached hydrogens (tertiary/aromatic N) is 3. The van der Waals surface area contributed by atoms with Crippen molar-refractivity contribution in [3.63, 3.8) is 0 Å². The van der Waals surface area contributed by atoms with Crippen molar-refractivity contribution in [2.45, 2.75) is 0 Å². The van der Waals surface area contributed by atoms with Crippen LogP contribution in [-0.2, 0) is 0 Å². The average molecular weight is 360 g/mol. The molecule has 0 amide bonds. The number of aromatic amines is 1. The van der Waals surface area contributed by atoms with Crippen molar-refractivity contribution in [1.29, 1.82) is 0 Å². The van der Waals surface area contributed by atoms with E-state index in [-0.39, 0.29) is 0 Å². The van der Waals surface area contributed by atoms with Gasteiger partial charge >= 0.3 is 0 Å². The Hall–Kier alpha value is -3.92. The highest BCUT2D eigenvalue weighted by molar-refractivity contribution is 6.22. The zero-order chi connectivity index (χ0) is 18.5. The van der Waals surface area contributed by atoms with Crippen LogP contribution in [0.2, 0.25) is 0 Å². The van der Waals surface area contributed by atoms with Crippen molar-refractivity contribution in [2.24, 2.45) is 0 Å². The van der Waals surface area contributed by atoms with Crippen LogP contribution in [0.25, 0.3) is 49.8 Å². The fourth-order valence-corrected chi connectivity index (χ4v) is 3.96.